The van der Waals surface area contributed by atoms with E-state index in [0.717, 1.165) is 31.5 Å². The second kappa shape index (κ2) is 6.27. The summed E-state index contributed by atoms with van der Waals surface area (Å²) in [6.45, 7) is 5.64. The van der Waals surface area contributed by atoms with E-state index in [1.165, 1.54) is 37.9 Å². The zero-order chi connectivity index (χ0) is 13.9. The summed E-state index contributed by atoms with van der Waals surface area (Å²) in [6, 6.07) is 3.57. The van der Waals surface area contributed by atoms with Crippen LogP contribution in [0.2, 0.25) is 0 Å². The number of hydrogen-bond acceptors (Lipinski definition) is 3. The number of nitrogens with zero attached hydrogens (tertiary/aromatic N) is 3. The highest BCUT2D eigenvalue weighted by atomic mass is 15.3. The van der Waals surface area contributed by atoms with Gasteiger partial charge >= 0.3 is 0 Å². The molecule has 1 saturated carbocycles. The Bertz CT molecular complexity index is 424. The molecule has 4 nitrogen and oxygen atoms in total. The molecule has 1 aliphatic heterocycles. The summed E-state index contributed by atoms with van der Waals surface area (Å²) in [6.07, 6.45) is 8.54. The summed E-state index contributed by atoms with van der Waals surface area (Å²) in [4.78, 5) is 2.53. The van der Waals surface area contributed by atoms with Crippen LogP contribution in [0.5, 0.6) is 0 Å². The molecule has 1 aromatic heterocycles. The zero-order valence-corrected chi connectivity index (χ0v) is 12.9. The molecule has 2 atom stereocenters. The first-order valence-electron chi connectivity index (χ1n) is 8.25. The molecule has 1 N–H and O–H groups in total. The molecule has 0 amide bonds. The van der Waals surface area contributed by atoms with Gasteiger partial charge < -0.3 is 5.32 Å². The average Bonchev–Trinajstić information content (AvgIpc) is 3.17. The van der Waals surface area contributed by atoms with Crippen LogP contribution < -0.4 is 5.32 Å². The molecule has 2 aliphatic rings. The maximum atomic E-state index is 4.53. The quantitative estimate of drug-likeness (QED) is 0.866. The van der Waals surface area contributed by atoms with E-state index >= 15 is 0 Å². The molecular weight excluding hydrogens is 248 g/mol. The van der Waals surface area contributed by atoms with Crippen molar-refractivity contribution in [3.63, 3.8) is 0 Å². The first-order valence-corrected chi connectivity index (χ1v) is 8.25. The maximum absolute atomic E-state index is 4.53. The molecule has 112 valence electrons. The molecule has 0 aromatic carbocycles. The summed E-state index contributed by atoms with van der Waals surface area (Å²) in [5.74, 6) is 0.724. The Kier molecular flexibility index (Phi) is 4.41. The van der Waals surface area contributed by atoms with Gasteiger partial charge in [0, 0.05) is 25.3 Å². The fourth-order valence-corrected chi connectivity index (χ4v) is 3.54. The molecule has 1 aliphatic carbocycles. The molecule has 3 rings (SSSR count). The fourth-order valence-electron chi connectivity index (χ4n) is 3.54. The van der Waals surface area contributed by atoms with Crippen LogP contribution in [0.1, 0.15) is 50.8 Å². The summed E-state index contributed by atoms with van der Waals surface area (Å²) >= 11 is 0. The van der Waals surface area contributed by atoms with Crippen LogP contribution in [0, 0.1) is 5.92 Å². The van der Waals surface area contributed by atoms with E-state index in [1.54, 1.807) is 0 Å². The van der Waals surface area contributed by atoms with E-state index in [0.29, 0.717) is 6.04 Å². The maximum Gasteiger partial charge on any atom is 0.0559 e. The second-order valence-electron chi connectivity index (χ2n) is 6.49. The number of hydrogen-bond donors (Lipinski definition) is 1. The molecule has 1 aromatic rings. The van der Waals surface area contributed by atoms with E-state index in [-0.39, 0.29) is 0 Å². The molecule has 0 spiro atoms. The minimum atomic E-state index is 0.532. The third kappa shape index (κ3) is 3.07. The molecule has 2 fully saturated rings. The van der Waals surface area contributed by atoms with Crippen molar-refractivity contribution >= 4 is 0 Å². The van der Waals surface area contributed by atoms with Gasteiger partial charge in [0.15, 0.2) is 0 Å². The van der Waals surface area contributed by atoms with Gasteiger partial charge in [-0.05, 0) is 57.7 Å². The number of piperidine rings is 1. The Hall–Kier alpha value is -0.870. The van der Waals surface area contributed by atoms with Crippen LogP contribution in [0.3, 0.4) is 0 Å². The Balaban J connectivity index is 1.75. The summed E-state index contributed by atoms with van der Waals surface area (Å²) < 4.78 is 2.22. The van der Waals surface area contributed by atoms with Gasteiger partial charge in [-0.25, -0.2) is 0 Å². The van der Waals surface area contributed by atoms with Crippen molar-refractivity contribution in [3.05, 3.63) is 18.0 Å². The standard InChI is InChI=1S/C16H28N4/c1-3-10-20-15(8-9-18-20)16-13(5-4-11-19(16)2)12-17-14-6-7-14/h8-9,13-14,16-17H,3-7,10-12H2,1-2H3. The topological polar surface area (TPSA) is 33.1 Å². The smallest absolute Gasteiger partial charge is 0.0559 e. The van der Waals surface area contributed by atoms with Crippen LogP contribution in [-0.4, -0.2) is 40.9 Å². The molecular formula is C16H28N4. The lowest BCUT2D eigenvalue weighted by atomic mass is 9.87. The summed E-state index contributed by atoms with van der Waals surface area (Å²) in [5, 5.41) is 8.26. The van der Waals surface area contributed by atoms with Gasteiger partial charge in [-0.1, -0.05) is 6.92 Å². The third-order valence-electron chi connectivity index (χ3n) is 4.74. The average molecular weight is 276 g/mol. The first-order chi connectivity index (χ1) is 9.79. The minimum absolute atomic E-state index is 0.532. The summed E-state index contributed by atoms with van der Waals surface area (Å²) in [7, 11) is 2.28. The predicted molar refractivity (Wildman–Crippen MR) is 81.6 cm³/mol. The first kappa shape index (κ1) is 14.1. The van der Waals surface area contributed by atoms with E-state index in [4.69, 9.17) is 0 Å². The normalized spacial score (nSPS) is 27.9. The number of likely N-dealkylation sites (tertiary alicyclic amines) is 1. The van der Waals surface area contributed by atoms with Gasteiger partial charge in [-0.15, -0.1) is 0 Å². The zero-order valence-electron chi connectivity index (χ0n) is 12.9. The van der Waals surface area contributed by atoms with E-state index in [1.807, 2.05) is 6.20 Å². The molecule has 2 unspecified atom stereocenters. The SMILES string of the molecule is CCCn1nccc1C1C(CNC2CC2)CCCN1C. The van der Waals surface area contributed by atoms with Crippen molar-refractivity contribution in [2.24, 2.45) is 5.92 Å². The van der Waals surface area contributed by atoms with Crippen molar-refractivity contribution in [2.45, 2.75) is 57.7 Å². The van der Waals surface area contributed by atoms with Gasteiger partial charge in [-0.2, -0.15) is 5.10 Å². The highest BCUT2D eigenvalue weighted by molar-refractivity contribution is 5.10. The third-order valence-corrected chi connectivity index (χ3v) is 4.74. The fraction of sp³-hybridized carbons (Fsp3) is 0.812. The molecule has 0 bridgehead atoms. The van der Waals surface area contributed by atoms with E-state index < -0.39 is 0 Å². The van der Waals surface area contributed by atoms with Crippen molar-refractivity contribution in [3.8, 4) is 0 Å². The van der Waals surface area contributed by atoms with E-state index in [9.17, 15) is 0 Å². The van der Waals surface area contributed by atoms with Gasteiger partial charge in [0.25, 0.3) is 0 Å². The van der Waals surface area contributed by atoms with Crippen molar-refractivity contribution in [1.29, 1.82) is 0 Å². The van der Waals surface area contributed by atoms with Crippen molar-refractivity contribution < 1.29 is 0 Å². The van der Waals surface area contributed by atoms with Gasteiger partial charge in [-0.3, -0.25) is 9.58 Å². The summed E-state index contributed by atoms with van der Waals surface area (Å²) in [5.41, 5.74) is 1.41. The van der Waals surface area contributed by atoms with Crippen LogP contribution >= 0.6 is 0 Å². The Morgan fingerprint density at radius 1 is 1.35 bits per heavy atom. The monoisotopic (exact) mass is 276 g/mol. The molecule has 4 heteroatoms. The number of nitrogens with one attached hydrogen (secondary N) is 1. The van der Waals surface area contributed by atoms with Gasteiger partial charge in [0.1, 0.15) is 0 Å². The van der Waals surface area contributed by atoms with E-state index in [2.05, 4.69) is 40.0 Å². The van der Waals surface area contributed by atoms with Gasteiger partial charge in [0.05, 0.1) is 11.7 Å². The number of rotatable bonds is 6. The molecule has 2 heterocycles. The Morgan fingerprint density at radius 3 is 2.95 bits per heavy atom. The molecule has 20 heavy (non-hydrogen) atoms. The number of aryl methyl sites for hydroxylation is 1. The van der Waals surface area contributed by atoms with Crippen LogP contribution in [0.15, 0.2) is 12.3 Å². The lowest BCUT2D eigenvalue weighted by Crippen LogP contribution is -2.41. The van der Waals surface area contributed by atoms with Crippen LogP contribution in [0.25, 0.3) is 0 Å². The Labute approximate surface area is 122 Å². The van der Waals surface area contributed by atoms with Crippen LogP contribution in [0.4, 0.5) is 0 Å². The van der Waals surface area contributed by atoms with Crippen molar-refractivity contribution in [2.75, 3.05) is 20.1 Å². The van der Waals surface area contributed by atoms with Crippen molar-refractivity contribution in [1.82, 2.24) is 20.0 Å². The van der Waals surface area contributed by atoms with Gasteiger partial charge in [0.2, 0.25) is 0 Å². The number of aromatic nitrogens is 2. The Morgan fingerprint density at radius 2 is 2.20 bits per heavy atom. The largest absolute Gasteiger partial charge is 0.314 e. The lowest BCUT2D eigenvalue weighted by Gasteiger charge is -2.39. The minimum Gasteiger partial charge on any atom is -0.314 e. The predicted octanol–water partition coefficient (Wildman–Crippen LogP) is 2.43. The lowest BCUT2D eigenvalue weighted by molar-refractivity contribution is 0.111. The highest BCUT2D eigenvalue weighted by Crippen LogP contribution is 2.35. The second-order valence-corrected chi connectivity index (χ2v) is 6.49. The van der Waals surface area contributed by atoms with Crippen LogP contribution in [-0.2, 0) is 6.54 Å². The molecule has 1 saturated heterocycles. The highest BCUT2D eigenvalue weighted by Gasteiger charge is 2.33. The molecule has 0 radical (unpaired) electrons.